The molecule has 4 rings (SSSR count). The van der Waals surface area contributed by atoms with E-state index in [-0.39, 0.29) is 42.8 Å². The number of benzene rings is 1. The first kappa shape index (κ1) is 21.7. The van der Waals surface area contributed by atoms with Gasteiger partial charge in [0.1, 0.15) is 0 Å². The van der Waals surface area contributed by atoms with Crippen LogP contribution >= 0.6 is 37.2 Å². The number of hydrogen-bond donors (Lipinski definition) is 2. The summed E-state index contributed by atoms with van der Waals surface area (Å²) >= 11 is 0. The number of aromatic amines is 1. The second-order valence-electron chi connectivity index (χ2n) is 6.79. The van der Waals surface area contributed by atoms with E-state index in [1.54, 1.807) is 0 Å². The molecule has 1 saturated carbocycles. The molecule has 25 heavy (non-hydrogen) atoms. The van der Waals surface area contributed by atoms with Gasteiger partial charge in [0.2, 0.25) is 0 Å². The molecule has 136 valence electrons. The fraction of sp³-hybridized carbons (Fsp3) is 0.333. The number of hydrogen-bond acceptors (Lipinski definition) is 3. The number of aromatic nitrogens is 3. The molecule has 0 amide bonds. The van der Waals surface area contributed by atoms with Crippen LogP contribution in [0.1, 0.15) is 43.7 Å². The van der Waals surface area contributed by atoms with E-state index in [4.69, 9.17) is 5.73 Å². The number of pyridine rings is 1. The van der Waals surface area contributed by atoms with Gasteiger partial charge < -0.3 is 5.73 Å². The Hall–Kier alpha value is -1.33. The van der Waals surface area contributed by atoms with Gasteiger partial charge in [-0.15, -0.1) is 37.2 Å². The highest BCUT2D eigenvalue weighted by atomic mass is 35.5. The highest BCUT2D eigenvalue weighted by Gasteiger charge is 2.29. The first-order valence-electron chi connectivity index (χ1n) is 7.76. The van der Waals surface area contributed by atoms with E-state index in [2.05, 4.69) is 39.4 Å². The maximum atomic E-state index is 6.14. The lowest BCUT2D eigenvalue weighted by Crippen LogP contribution is -2.28. The molecule has 3 aromatic rings. The third kappa shape index (κ3) is 4.09. The van der Waals surface area contributed by atoms with Gasteiger partial charge in [-0.1, -0.05) is 12.1 Å². The van der Waals surface area contributed by atoms with Gasteiger partial charge in [0, 0.05) is 22.7 Å². The molecule has 0 aliphatic heterocycles. The molecule has 1 aliphatic rings. The van der Waals surface area contributed by atoms with Gasteiger partial charge in [-0.3, -0.25) is 10.1 Å². The van der Waals surface area contributed by atoms with Gasteiger partial charge in [-0.25, -0.2) is 0 Å². The fourth-order valence-electron chi connectivity index (χ4n) is 3.01. The van der Waals surface area contributed by atoms with Gasteiger partial charge in [-0.05, 0) is 55.9 Å². The normalized spacial score (nSPS) is 13.6. The van der Waals surface area contributed by atoms with Crippen molar-refractivity contribution in [3.63, 3.8) is 0 Å². The third-order valence-corrected chi connectivity index (χ3v) is 4.43. The van der Waals surface area contributed by atoms with Crippen molar-refractivity contribution in [2.45, 2.75) is 38.1 Å². The molecule has 4 nitrogen and oxygen atoms in total. The molecule has 0 saturated heterocycles. The number of nitrogens with one attached hydrogen (secondary N) is 1. The first-order chi connectivity index (χ1) is 10.5. The van der Waals surface area contributed by atoms with Crippen LogP contribution in [0.25, 0.3) is 22.2 Å². The summed E-state index contributed by atoms with van der Waals surface area (Å²) in [5, 5.41) is 8.48. The van der Waals surface area contributed by atoms with Crippen molar-refractivity contribution >= 4 is 48.1 Å². The second-order valence-corrected chi connectivity index (χ2v) is 6.79. The van der Waals surface area contributed by atoms with Gasteiger partial charge in [0.05, 0.1) is 17.4 Å². The molecular formula is C18H23Cl3N4. The Kier molecular flexibility index (Phi) is 6.88. The minimum Gasteiger partial charge on any atom is -0.322 e. The van der Waals surface area contributed by atoms with Crippen LogP contribution in [-0.2, 0) is 5.54 Å². The lowest BCUT2D eigenvalue weighted by atomic mass is 9.94. The fourth-order valence-corrected chi connectivity index (χ4v) is 3.01. The molecule has 0 bridgehead atoms. The number of H-pyrrole nitrogens is 1. The quantitative estimate of drug-likeness (QED) is 0.651. The Morgan fingerprint density at radius 3 is 2.32 bits per heavy atom. The first-order valence-corrected chi connectivity index (χ1v) is 7.76. The lowest BCUT2D eigenvalue weighted by molar-refractivity contribution is 0.552. The van der Waals surface area contributed by atoms with Crippen molar-refractivity contribution in [3.05, 3.63) is 47.8 Å². The largest absolute Gasteiger partial charge is 0.322 e. The highest BCUT2D eigenvalue weighted by Crippen LogP contribution is 2.47. The molecule has 0 spiro atoms. The molecule has 2 aromatic heterocycles. The van der Waals surface area contributed by atoms with Crippen LogP contribution < -0.4 is 5.73 Å². The number of nitrogens with zero attached hydrogens (tertiary/aromatic N) is 2. The third-order valence-electron chi connectivity index (χ3n) is 4.43. The molecule has 1 fully saturated rings. The van der Waals surface area contributed by atoms with E-state index in [9.17, 15) is 0 Å². The van der Waals surface area contributed by atoms with Crippen molar-refractivity contribution in [1.29, 1.82) is 0 Å². The minimum atomic E-state index is -0.362. The van der Waals surface area contributed by atoms with Crippen LogP contribution in [0.5, 0.6) is 0 Å². The average molecular weight is 402 g/mol. The van der Waals surface area contributed by atoms with Crippen LogP contribution in [0.2, 0.25) is 0 Å². The SMILES string of the molecule is CC(C)(N)c1ccc(-c2ccc3[nH]ncc3c2C2CC2)nc1.Cl.Cl.Cl. The molecule has 7 heteroatoms. The van der Waals surface area contributed by atoms with Crippen molar-refractivity contribution < 1.29 is 0 Å². The van der Waals surface area contributed by atoms with Crippen LogP contribution in [0, 0.1) is 0 Å². The van der Waals surface area contributed by atoms with E-state index in [1.165, 1.54) is 29.4 Å². The van der Waals surface area contributed by atoms with E-state index in [0.717, 1.165) is 16.8 Å². The maximum absolute atomic E-state index is 6.14. The summed E-state index contributed by atoms with van der Waals surface area (Å²) in [4.78, 5) is 4.67. The van der Waals surface area contributed by atoms with Gasteiger partial charge >= 0.3 is 0 Å². The predicted octanol–water partition coefficient (Wildman–Crippen LogP) is 4.96. The van der Waals surface area contributed by atoms with Gasteiger partial charge in [0.15, 0.2) is 0 Å². The number of rotatable bonds is 3. The van der Waals surface area contributed by atoms with Crippen LogP contribution in [0.4, 0.5) is 0 Å². The molecule has 0 radical (unpaired) electrons. The number of halogens is 3. The van der Waals surface area contributed by atoms with Crippen LogP contribution in [-0.4, -0.2) is 15.2 Å². The van der Waals surface area contributed by atoms with E-state index in [0.29, 0.717) is 5.92 Å². The topological polar surface area (TPSA) is 67.6 Å². The summed E-state index contributed by atoms with van der Waals surface area (Å²) in [5.74, 6) is 0.642. The summed E-state index contributed by atoms with van der Waals surface area (Å²) < 4.78 is 0. The molecular weight excluding hydrogens is 379 g/mol. The molecule has 3 N–H and O–H groups in total. The minimum absolute atomic E-state index is 0. The van der Waals surface area contributed by atoms with Gasteiger partial charge in [-0.2, -0.15) is 5.10 Å². The predicted molar refractivity (Wildman–Crippen MR) is 110 cm³/mol. The molecule has 1 aromatic carbocycles. The molecule has 0 atom stereocenters. The zero-order chi connectivity index (χ0) is 15.3. The second kappa shape index (κ2) is 7.92. The van der Waals surface area contributed by atoms with E-state index < -0.39 is 0 Å². The van der Waals surface area contributed by atoms with Crippen molar-refractivity contribution in [2.24, 2.45) is 5.73 Å². The van der Waals surface area contributed by atoms with Gasteiger partial charge in [0.25, 0.3) is 0 Å². The Morgan fingerprint density at radius 1 is 1.04 bits per heavy atom. The molecule has 1 aliphatic carbocycles. The number of fused-ring (bicyclic) bond motifs is 1. The maximum Gasteiger partial charge on any atom is 0.0705 e. The van der Waals surface area contributed by atoms with Crippen LogP contribution in [0.15, 0.2) is 36.7 Å². The van der Waals surface area contributed by atoms with E-state index >= 15 is 0 Å². The standard InChI is InChI=1S/C18H20N4.3ClH/c1-18(2,19)12-5-7-15(20-9-12)13-6-8-16-14(10-21-22-16)17(13)11-3-4-11;;;/h5-11H,3-4,19H2,1-2H3,(H,21,22);3*1H. The highest BCUT2D eigenvalue weighted by molar-refractivity contribution is 5.89. The Bertz CT molecular complexity index is 834. The average Bonchev–Trinajstić information content (AvgIpc) is 3.22. The lowest BCUT2D eigenvalue weighted by Gasteiger charge is -2.19. The summed E-state index contributed by atoms with van der Waals surface area (Å²) in [6, 6.07) is 8.41. The van der Waals surface area contributed by atoms with Crippen molar-refractivity contribution in [3.8, 4) is 11.3 Å². The Labute approximate surface area is 166 Å². The smallest absolute Gasteiger partial charge is 0.0705 e. The summed E-state index contributed by atoms with van der Waals surface area (Å²) in [5.41, 5.74) is 11.6. The summed E-state index contributed by atoms with van der Waals surface area (Å²) in [7, 11) is 0. The zero-order valence-corrected chi connectivity index (χ0v) is 16.6. The van der Waals surface area contributed by atoms with Crippen molar-refractivity contribution in [1.82, 2.24) is 15.2 Å². The van der Waals surface area contributed by atoms with Crippen molar-refractivity contribution in [2.75, 3.05) is 0 Å². The molecule has 0 unspecified atom stereocenters. The van der Waals surface area contributed by atoms with E-state index in [1.807, 2.05) is 26.2 Å². The summed E-state index contributed by atoms with van der Waals surface area (Å²) in [6.45, 7) is 3.99. The number of nitrogens with two attached hydrogens (primary N) is 1. The Morgan fingerprint density at radius 2 is 1.76 bits per heavy atom. The summed E-state index contributed by atoms with van der Waals surface area (Å²) in [6.07, 6.45) is 6.34. The zero-order valence-electron chi connectivity index (χ0n) is 14.2. The Balaban J connectivity index is 0.00000104. The molecule has 2 heterocycles. The monoisotopic (exact) mass is 400 g/mol. The van der Waals surface area contributed by atoms with Crippen LogP contribution in [0.3, 0.4) is 0 Å².